The molecule has 2 aromatic carbocycles. The Morgan fingerprint density at radius 1 is 1.11 bits per heavy atom. The molecule has 0 spiro atoms. The molecule has 3 aromatic rings. The third-order valence-corrected chi connectivity index (χ3v) is 3.79. The Morgan fingerprint density at radius 2 is 1.85 bits per heavy atom. The van der Waals surface area contributed by atoms with Crippen LogP contribution < -0.4 is 15.2 Å². The van der Waals surface area contributed by atoms with Crippen molar-refractivity contribution in [1.82, 2.24) is 15.4 Å². The summed E-state index contributed by atoms with van der Waals surface area (Å²) in [6.45, 7) is 0. The minimum atomic E-state index is -1.25. The number of aliphatic carboxylic acids is 1. The Bertz CT molecular complexity index is 971. The molecule has 27 heavy (non-hydrogen) atoms. The second kappa shape index (κ2) is 7.56. The summed E-state index contributed by atoms with van der Waals surface area (Å²) in [4.78, 5) is 23.2. The number of hydrogen-bond donors (Lipinski definition) is 3. The van der Waals surface area contributed by atoms with Crippen LogP contribution in [0.15, 0.2) is 48.5 Å². The molecular weight excluding hydrogens is 352 g/mol. The molecule has 4 N–H and O–H groups in total. The summed E-state index contributed by atoms with van der Waals surface area (Å²) >= 11 is 0. The topological polar surface area (TPSA) is 140 Å². The average Bonchev–Trinajstić information content (AvgIpc) is 3.16. The highest BCUT2D eigenvalue weighted by molar-refractivity contribution is 5.96. The second-order valence-electron chi connectivity index (χ2n) is 5.50. The smallest absolute Gasteiger partial charge is 0.349 e. The zero-order valence-corrected chi connectivity index (χ0v) is 14.2. The maximum atomic E-state index is 11.7. The van der Waals surface area contributed by atoms with E-state index in [9.17, 15) is 14.7 Å². The molecule has 3 rings (SSSR count). The van der Waals surface area contributed by atoms with Crippen molar-refractivity contribution in [3.8, 4) is 22.8 Å². The molecule has 0 aliphatic carbocycles. The van der Waals surface area contributed by atoms with Gasteiger partial charge in [0.05, 0.1) is 7.11 Å². The number of hydrogen-bond acceptors (Lipinski definition) is 6. The fourth-order valence-electron chi connectivity index (χ4n) is 2.54. The summed E-state index contributed by atoms with van der Waals surface area (Å²) < 4.78 is 11.0. The van der Waals surface area contributed by atoms with E-state index in [1.807, 2.05) is 0 Å². The van der Waals surface area contributed by atoms with Crippen molar-refractivity contribution in [2.45, 2.75) is 6.10 Å². The van der Waals surface area contributed by atoms with Gasteiger partial charge in [0, 0.05) is 11.1 Å². The maximum Gasteiger partial charge on any atom is 0.349 e. The van der Waals surface area contributed by atoms with Gasteiger partial charge in [-0.15, -0.1) is 0 Å². The molecule has 1 amide bonds. The number of benzene rings is 2. The summed E-state index contributed by atoms with van der Waals surface area (Å²) in [6.07, 6.45) is -1.25. The van der Waals surface area contributed by atoms with Crippen LogP contribution in [0.2, 0.25) is 0 Å². The largest absolute Gasteiger partial charge is 0.493 e. The first-order valence-corrected chi connectivity index (χ1v) is 7.84. The monoisotopic (exact) mass is 368 g/mol. The van der Waals surface area contributed by atoms with Crippen molar-refractivity contribution in [2.24, 2.45) is 5.73 Å². The van der Waals surface area contributed by atoms with Crippen LogP contribution in [0.5, 0.6) is 11.5 Å². The molecule has 0 aliphatic rings. The molecule has 0 saturated carbocycles. The van der Waals surface area contributed by atoms with Gasteiger partial charge >= 0.3 is 5.97 Å². The van der Waals surface area contributed by atoms with Crippen LogP contribution in [-0.2, 0) is 4.79 Å². The normalized spacial score (nSPS) is 11.6. The molecule has 0 radical (unpaired) electrons. The SMILES string of the molecule is COc1ccc(-c2n[nH]nc2C(N)=O)cc1OC(C(=O)O)c1ccccc1. The predicted molar refractivity (Wildman–Crippen MR) is 94.3 cm³/mol. The van der Waals surface area contributed by atoms with Gasteiger partial charge in [0.2, 0.25) is 6.10 Å². The standard InChI is InChI=1S/C18H16N4O5/c1-26-12-8-7-11(14-15(17(19)23)21-22-20-14)9-13(12)27-16(18(24)25)10-5-3-2-4-6-10/h2-9,16H,1H3,(H2,19,23)(H,24,25)(H,20,21,22). The zero-order valence-electron chi connectivity index (χ0n) is 14.2. The number of nitrogens with zero attached hydrogens (tertiary/aromatic N) is 2. The van der Waals surface area contributed by atoms with E-state index in [4.69, 9.17) is 15.2 Å². The van der Waals surface area contributed by atoms with Crippen molar-refractivity contribution in [3.63, 3.8) is 0 Å². The van der Waals surface area contributed by atoms with Crippen molar-refractivity contribution >= 4 is 11.9 Å². The molecule has 138 valence electrons. The van der Waals surface area contributed by atoms with Crippen molar-refractivity contribution in [1.29, 1.82) is 0 Å². The van der Waals surface area contributed by atoms with E-state index in [0.29, 0.717) is 16.9 Å². The highest BCUT2D eigenvalue weighted by Gasteiger charge is 2.24. The molecule has 0 aliphatic heterocycles. The van der Waals surface area contributed by atoms with Gasteiger partial charge in [-0.25, -0.2) is 4.79 Å². The zero-order chi connectivity index (χ0) is 19.4. The third kappa shape index (κ3) is 3.71. The van der Waals surface area contributed by atoms with E-state index in [2.05, 4.69) is 15.4 Å². The summed E-state index contributed by atoms with van der Waals surface area (Å²) in [5, 5.41) is 19.6. The predicted octanol–water partition coefficient (Wildman–Crippen LogP) is 1.78. The highest BCUT2D eigenvalue weighted by Crippen LogP contribution is 2.35. The van der Waals surface area contributed by atoms with Gasteiger partial charge in [-0.3, -0.25) is 4.79 Å². The van der Waals surface area contributed by atoms with Gasteiger partial charge in [-0.2, -0.15) is 15.4 Å². The van der Waals surface area contributed by atoms with Crippen LogP contribution in [0.3, 0.4) is 0 Å². The van der Waals surface area contributed by atoms with Crippen LogP contribution in [0, 0.1) is 0 Å². The lowest BCUT2D eigenvalue weighted by molar-refractivity contribution is -0.145. The van der Waals surface area contributed by atoms with E-state index < -0.39 is 18.0 Å². The Morgan fingerprint density at radius 3 is 2.48 bits per heavy atom. The number of carboxylic acid groups (broad SMARTS) is 1. The van der Waals surface area contributed by atoms with Gasteiger partial charge in [0.15, 0.2) is 17.2 Å². The van der Waals surface area contributed by atoms with Gasteiger partial charge in [-0.1, -0.05) is 30.3 Å². The number of H-pyrrole nitrogens is 1. The molecule has 1 aromatic heterocycles. The van der Waals surface area contributed by atoms with Crippen LogP contribution in [-0.4, -0.2) is 39.5 Å². The lowest BCUT2D eigenvalue weighted by Gasteiger charge is -2.18. The third-order valence-electron chi connectivity index (χ3n) is 3.79. The van der Waals surface area contributed by atoms with Gasteiger partial charge in [0.1, 0.15) is 5.69 Å². The number of aromatic amines is 1. The van der Waals surface area contributed by atoms with Crippen molar-refractivity contribution < 1.29 is 24.2 Å². The Hall–Kier alpha value is -3.88. The first-order valence-electron chi connectivity index (χ1n) is 7.84. The summed E-state index contributed by atoms with van der Waals surface area (Å²) in [5.41, 5.74) is 6.41. The number of nitrogens with two attached hydrogens (primary N) is 1. The number of nitrogens with one attached hydrogen (secondary N) is 1. The van der Waals surface area contributed by atoms with Crippen LogP contribution >= 0.6 is 0 Å². The quantitative estimate of drug-likeness (QED) is 0.577. The highest BCUT2D eigenvalue weighted by atomic mass is 16.5. The molecule has 9 nitrogen and oxygen atoms in total. The first kappa shape index (κ1) is 17.9. The van der Waals surface area contributed by atoms with Crippen molar-refractivity contribution in [3.05, 3.63) is 59.8 Å². The molecule has 1 atom stereocenters. The number of amides is 1. The minimum Gasteiger partial charge on any atom is -0.493 e. The number of aromatic nitrogens is 3. The molecule has 9 heteroatoms. The second-order valence-corrected chi connectivity index (χ2v) is 5.50. The van der Waals surface area contributed by atoms with E-state index in [1.165, 1.54) is 13.2 Å². The Balaban J connectivity index is 2.02. The van der Waals surface area contributed by atoms with E-state index in [0.717, 1.165) is 0 Å². The average molecular weight is 368 g/mol. The maximum absolute atomic E-state index is 11.7. The number of carbonyl (C=O) groups excluding carboxylic acids is 1. The number of ether oxygens (including phenoxy) is 2. The van der Waals surface area contributed by atoms with Gasteiger partial charge < -0.3 is 20.3 Å². The van der Waals surface area contributed by atoms with Gasteiger partial charge in [-0.05, 0) is 18.2 Å². The fourth-order valence-corrected chi connectivity index (χ4v) is 2.54. The number of rotatable bonds is 7. The van der Waals surface area contributed by atoms with Crippen molar-refractivity contribution in [2.75, 3.05) is 7.11 Å². The molecular formula is C18H16N4O5. The molecule has 0 saturated heterocycles. The molecule has 1 heterocycles. The van der Waals surface area contributed by atoms with Gasteiger partial charge in [0.25, 0.3) is 5.91 Å². The molecule has 0 bridgehead atoms. The summed E-state index contributed by atoms with van der Waals surface area (Å²) in [7, 11) is 1.44. The van der Waals surface area contributed by atoms with E-state index >= 15 is 0 Å². The first-order chi connectivity index (χ1) is 13.0. The molecule has 1 unspecified atom stereocenters. The van der Waals surface area contributed by atoms with E-state index in [1.54, 1.807) is 42.5 Å². The minimum absolute atomic E-state index is 0.0380. The number of methoxy groups -OCH3 is 1. The van der Waals surface area contributed by atoms with Crippen LogP contribution in [0.25, 0.3) is 11.3 Å². The van der Waals surface area contributed by atoms with Crippen LogP contribution in [0.1, 0.15) is 22.2 Å². The Kier molecular flexibility index (Phi) is 5.02. The lowest BCUT2D eigenvalue weighted by Crippen LogP contribution is -2.18. The summed E-state index contributed by atoms with van der Waals surface area (Å²) in [5.74, 6) is -1.41. The number of carboxylic acids is 1. The number of primary amides is 1. The number of carbonyl (C=O) groups is 2. The summed E-state index contributed by atoms with van der Waals surface area (Å²) in [6, 6.07) is 13.2. The van der Waals surface area contributed by atoms with E-state index in [-0.39, 0.29) is 17.1 Å². The van der Waals surface area contributed by atoms with Crippen LogP contribution in [0.4, 0.5) is 0 Å². The molecule has 0 fully saturated rings. The fraction of sp³-hybridized carbons (Fsp3) is 0.111. The Labute approximate surface area is 153 Å². The lowest BCUT2D eigenvalue weighted by atomic mass is 10.1.